The van der Waals surface area contributed by atoms with Crippen molar-refractivity contribution in [3.8, 4) is 6.07 Å². The molecule has 3 N–H and O–H groups in total. The topological polar surface area (TPSA) is 160 Å². The molecule has 1 rings (SSSR count). The molecule has 1 amide bonds. The molecule has 0 aliphatic carbocycles. The molecule has 0 heterocycles. The van der Waals surface area contributed by atoms with Gasteiger partial charge in [-0.3, -0.25) is 9.59 Å². The highest BCUT2D eigenvalue weighted by molar-refractivity contribution is 7.89. The van der Waals surface area contributed by atoms with Crippen LogP contribution in [0.5, 0.6) is 0 Å². The highest BCUT2D eigenvalue weighted by Gasteiger charge is 2.28. The third kappa shape index (κ3) is 7.13. The molecule has 0 bridgehead atoms. The fourth-order valence-electron chi connectivity index (χ4n) is 2.90. The molecule has 1 aromatic carbocycles. The van der Waals surface area contributed by atoms with Gasteiger partial charge >= 0.3 is 5.97 Å². The van der Waals surface area contributed by atoms with Gasteiger partial charge in [0.2, 0.25) is 15.8 Å². The number of nitriles is 1. The van der Waals surface area contributed by atoms with E-state index in [1.807, 2.05) is 0 Å². The molecule has 1 aromatic rings. The average Bonchev–Trinajstić information content (AvgIpc) is 2.76. The Labute approximate surface area is 194 Å². The number of esters is 1. The Morgan fingerprint density at radius 3 is 2.30 bits per heavy atom. The summed E-state index contributed by atoms with van der Waals surface area (Å²) in [7, 11) is -3.77. The van der Waals surface area contributed by atoms with Crippen LogP contribution in [0.3, 0.4) is 0 Å². The van der Waals surface area contributed by atoms with E-state index in [0.717, 1.165) is 0 Å². The highest BCUT2D eigenvalue weighted by Crippen LogP contribution is 2.17. The van der Waals surface area contributed by atoms with Crippen molar-refractivity contribution in [2.45, 2.75) is 45.6 Å². The predicted octanol–water partition coefficient (Wildman–Crippen LogP) is 1.34. The number of nitrogens with one attached hydrogen (secondary N) is 1. The highest BCUT2D eigenvalue weighted by atomic mass is 32.2. The van der Waals surface area contributed by atoms with Crippen LogP contribution >= 0.6 is 0 Å². The van der Waals surface area contributed by atoms with E-state index in [0.29, 0.717) is 0 Å². The van der Waals surface area contributed by atoms with Crippen LogP contribution in [0, 0.1) is 17.2 Å². The van der Waals surface area contributed by atoms with Crippen LogP contribution in [0.25, 0.3) is 0 Å². The van der Waals surface area contributed by atoms with Crippen LogP contribution in [-0.4, -0.2) is 56.1 Å². The Balaban J connectivity index is 3.03. The maximum atomic E-state index is 12.8. The van der Waals surface area contributed by atoms with Gasteiger partial charge in [-0.1, -0.05) is 33.8 Å². The third-order valence-corrected chi connectivity index (χ3v) is 6.82. The number of carbonyl (C=O) groups is 3. The summed E-state index contributed by atoms with van der Waals surface area (Å²) in [6.07, 6.45) is 0. The SMILES string of the molecule is CCN(CC)S(=O)(=O)c1cccc(C(=O)N[C@H](C(=O)OCC(=O)/C(C#N)=C(\C)N)C(C)C)c1. The Hall–Kier alpha value is -3.23. The molecule has 0 saturated carbocycles. The minimum Gasteiger partial charge on any atom is -0.456 e. The summed E-state index contributed by atoms with van der Waals surface area (Å²) in [4.78, 5) is 37.2. The summed E-state index contributed by atoms with van der Waals surface area (Å²) in [5, 5.41) is 11.5. The van der Waals surface area contributed by atoms with Gasteiger partial charge in [0.25, 0.3) is 5.91 Å². The van der Waals surface area contributed by atoms with Crippen LogP contribution in [0.2, 0.25) is 0 Å². The minimum absolute atomic E-state index is 0.00630. The number of benzene rings is 1. The number of amides is 1. The van der Waals surface area contributed by atoms with Crippen LogP contribution in [0.1, 0.15) is 45.0 Å². The number of rotatable bonds is 11. The van der Waals surface area contributed by atoms with E-state index < -0.39 is 46.2 Å². The number of carbonyl (C=O) groups excluding carboxylic acids is 3. The van der Waals surface area contributed by atoms with E-state index in [1.165, 1.54) is 35.5 Å². The van der Waals surface area contributed by atoms with Gasteiger partial charge in [0.1, 0.15) is 17.7 Å². The molecular formula is C22H30N4O6S. The van der Waals surface area contributed by atoms with Crippen molar-refractivity contribution in [2.75, 3.05) is 19.7 Å². The predicted molar refractivity (Wildman–Crippen MR) is 121 cm³/mol. The number of nitrogens with two attached hydrogens (primary N) is 1. The maximum absolute atomic E-state index is 12.8. The first-order valence-corrected chi connectivity index (χ1v) is 11.8. The fourth-order valence-corrected chi connectivity index (χ4v) is 4.41. The van der Waals surface area contributed by atoms with Crippen molar-refractivity contribution >= 4 is 27.7 Å². The minimum atomic E-state index is -3.77. The van der Waals surface area contributed by atoms with Crippen LogP contribution in [0.4, 0.5) is 0 Å². The molecule has 33 heavy (non-hydrogen) atoms. The van der Waals surface area contributed by atoms with Crippen LogP contribution in [-0.2, 0) is 24.3 Å². The summed E-state index contributed by atoms with van der Waals surface area (Å²) in [5.41, 5.74) is 5.21. The number of hydrogen-bond donors (Lipinski definition) is 2. The van der Waals surface area contributed by atoms with Crippen molar-refractivity contribution in [1.29, 1.82) is 5.26 Å². The van der Waals surface area contributed by atoms with E-state index in [9.17, 15) is 22.8 Å². The summed E-state index contributed by atoms with van der Waals surface area (Å²) < 4.78 is 31.7. The zero-order valence-corrected chi connectivity index (χ0v) is 20.2. The van der Waals surface area contributed by atoms with Gasteiger partial charge < -0.3 is 15.8 Å². The molecule has 0 fully saturated rings. The number of Topliss-reactive ketones (excluding diaryl/α,β-unsaturated/α-hetero) is 1. The molecule has 0 radical (unpaired) electrons. The monoisotopic (exact) mass is 478 g/mol. The fraction of sp³-hybridized carbons (Fsp3) is 0.455. The van der Waals surface area contributed by atoms with E-state index in [2.05, 4.69) is 5.32 Å². The van der Waals surface area contributed by atoms with Gasteiger partial charge in [-0.25, -0.2) is 13.2 Å². The van der Waals surface area contributed by atoms with Gasteiger partial charge in [0.05, 0.1) is 4.90 Å². The number of allylic oxidation sites excluding steroid dienone is 1. The van der Waals surface area contributed by atoms with Gasteiger partial charge in [0.15, 0.2) is 6.61 Å². The lowest BCUT2D eigenvalue weighted by Gasteiger charge is -2.21. The first-order valence-electron chi connectivity index (χ1n) is 10.4. The van der Waals surface area contributed by atoms with E-state index in [4.69, 9.17) is 15.7 Å². The molecule has 0 aromatic heterocycles. The molecule has 0 aliphatic heterocycles. The van der Waals surface area contributed by atoms with E-state index in [1.54, 1.807) is 33.8 Å². The Morgan fingerprint density at radius 2 is 1.82 bits per heavy atom. The molecule has 1 atom stereocenters. The Morgan fingerprint density at radius 1 is 1.21 bits per heavy atom. The maximum Gasteiger partial charge on any atom is 0.329 e. The summed E-state index contributed by atoms with van der Waals surface area (Å²) >= 11 is 0. The first kappa shape index (κ1) is 27.8. The number of hydrogen-bond acceptors (Lipinski definition) is 8. The lowest BCUT2D eigenvalue weighted by atomic mass is 10.0. The quantitative estimate of drug-likeness (QED) is 0.274. The lowest BCUT2D eigenvalue weighted by molar-refractivity contribution is -0.150. The second-order valence-corrected chi connectivity index (χ2v) is 9.45. The molecule has 0 saturated heterocycles. The van der Waals surface area contributed by atoms with Crippen molar-refractivity contribution < 1.29 is 27.5 Å². The summed E-state index contributed by atoms with van der Waals surface area (Å²) in [6.45, 7) is 8.00. The zero-order chi connectivity index (χ0) is 25.3. The number of ketones is 1. The molecule has 0 aliphatic rings. The zero-order valence-electron chi connectivity index (χ0n) is 19.4. The van der Waals surface area contributed by atoms with Crippen LogP contribution in [0.15, 0.2) is 40.4 Å². The van der Waals surface area contributed by atoms with Gasteiger partial charge in [-0.15, -0.1) is 0 Å². The molecule has 180 valence electrons. The largest absolute Gasteiger partial charge is 0.456 e. The number of ether oxygens (including phenoxy) is 1. The van der Waals surface area contributed by atoms with Crippen molar-refractivity contribution in [1.82, 2.24) is 9.62 Å². The molecule has 10 nitrogen and oxygen atoms in total. The standard InChI is InChI=1S/C22H30N4O6S/c1-6-26(7-2)33(30,31)17-10-8-9-16(11-17)21(28)25-20(14(3)4)22(29)32-13-19(27)18(12-23)15(5)24/h8-11,14,20H,6-7,13,24H2,1-5H3,(H,25,28)/b18-15+/t20-/m0/s1. The Kier molecular flexibility index (Phi) is 10.2. The molecule has 0 unspecified atom stereocenters. The molecule has 11 heteroatoms. The second kappa shape index (κ2) is 12.1. The summed E-state index contributed by atoms with van der Waals surface area (Å²) in [6, 6.07) is 6.05. The number of nitrogens with zero attached hydrogens (tertiary/aromatic N) is 2. The summed E-state index contributed by atoms with van der Waals surface area (Å²) in [5.74, 6) is -2.70. The lowest BCUT2D eigenvalue weighted by Crippen LogP contribution is -2.45. The van der Waals surface area contributed by atoms with E-state index >= 15 is 0 Å². The first-order chi connectivity index (χ1) is 15.4. The Bertz CT molecular complexity index is 1060. The van der Waals surface area contributed by atoms with Gasteiger partial charge in [-0.05, 0) is 31.0 Å². The van der Waals surface area contributed by atoms with Crippen molar-refractivity contribution in [2.24, 2.45) is 11.7 Å². The van der Waals surface area contributed by atoms with Crippen LogP contribution < -0.4 is 11.1 Å². The second-order valence-electron chi connectivity index (χ2n) is 7.51. The van der Waals surface area contributed by atoms with Crippen molar-refractivity contribution in [3.63, 3.8) is 0 Å². The molecule has 0 spiro atoms. The average molecular weight is 479 g/mol. The van der Waals surface area contributed by atoms with Crippen molar-refractivity contribution in [3.05, 3.63) is 41.1 Å². The van der Waals surface area contributed by atoms with Gasteiger partial charge in [0, 0.05) is 24.4 Å². The normalized spacial score (nSPS) is 13.2. The van der Waals surface area contributed by atoms with Gasteiger partial charge in [-0.2, -0.15) is 9.57 Å². The smallest absolute Gasteiger partial charge is 0.329 e. The van der Waals surface area contributed by atoms with E-state index in [-0.39, 0.29) is 34.8 Å². The number of sulfonamides is 1. The third-order valence-electron chi connectivity index (χ3n) is 4.78. The molecular weight excluding hydrogens is 448 g/mol.